The SMILES string of the molecule is N[C@@H](CO)c1cccc2ncccc12. The summed E-state index contributed by atoms with van der Waals surface area (Å²) in [5.41, 5.74) is 7.64. The molecule has 0 saturated carbocycles. The summed E-state index contributed by atoms with van der Waals surface area (Å²) >= 11 is 0. The number of aromatic nitrogens is 1. The summed E-state index contributed by atoms with van der Waals surface area (Å²) in [6, 6.07) is 9.26. The highest BCUT2D eigenvalue weighted by atomic mass is 16.3. The molecule has 3 heteroatoms. The molecule has 1 heterocycles. The van der Waals surface area contributed by atoms with Crippen molar-refractivity contribution in [3.63, 3.8) is 0 Å². The highest BCUT2D eigenvalue weighted by Crippen LogP contribution is 2.20. The Labute approximate surface area is 82.2 Å². The van der Waals surface area contributed by atoms with Gasteiger partial charge in [-0.25, -0.2) is 0 Å². The second-order valence-corrected chi connectivity index (χ2v) is 3.21. The number of rotatable bonds is 2. The van der Waals surface area contributed by atoms with Gasteiger partial charge in [-0.1, -0.05) is 18.2 Å². The normalized spacial score (nSPS) is 13.0. The predicted octanol–water partition coefficient (Wildman–Crippen LogP) is 1.23. The fourth-order valence-electron chi connectivity index (χ4n) is 1.55. The van der Waals surface area contributed by atoms with E-state index >= 15 is 0 Å². The van der Waals surface area contributed by atoms with Crippen molar-refractivity contribution in [2.75, 3.05) is 6.61 Å². The third-order valence-electron chi connectivity index (χ3n) is 2.28. The monoisotopic (exact) mass is 188 g/mol. The van der Waals surface area contributed by atoms with E-state index in [0.29, 0.717) is 0 Å². The van der Waals surface area contributed by atoms with Crippen LogP contribution in [0.4, 0.5) is 0 Å². The third-order valence-corrected chi connectivity index (χ3v) is 2.28. The van der Waals surface area contributed by atoms with Gasteiger partial charge in [-0.3, -0.25) is 4.98 Å². The first-order valence-electron chi connectivity index (χ1n) is 4.53. The maximum Gasteiger partial charge on any atom is 0.0705 e. The fraction of sp³-hybridized carbons (Fsp3) is 0.182. The van der Waals surface area contributed by atoms with Crippen LogP contribution in [-0.2, 0) is 0 Å². The van der Waals surface area contributed by atoms with Crippen LogP contribution < -0.4 is 5.73 Å². The van der Waals surface area contributed by atoms with Gasteiger partial charge < -0.3 is 10.8 Å². The van der Waals surface area contributed by atoms with Gasteiger partial charge in [0, 0.05) is 11.6 Å². The smallest absolute Gasteiger partial charge is 0.0705 e. The maximum absolute atomic E-state index is 9.00. The molecule has 2 aromatic rings. The molecule has 0 aliphatic heterocycles. The molecule has 72 valence electrons. The molecule has 1 atom stereocenters. The van der Waals surface area contributed by atoms with Crippen molar-refractivity contribution in [2.24, 2.45) is 5.73 Å². The zero-order valence-electron chi connectivity index (χ0n) is 7.72. The number of nitrogens with zero attached hydrogens (tertiary/aromatic N) is 1. The van der Waals surface area contributed by atoms with E-state index in [1.54, 1.807) is 6.20 Å². The summed E-state index contributed by atoms with van der Waals surface area (Å²) in [6.45, 7) is -0.0476. The lowest BCUT2D eigenvalue weighted by Crippen LogP contribution is -2.14. The first-order valence-corrected chi connectivity index (χ1v) is 4.53. The Hall–Kier alpha value is -1.45. The average molecular weight is 188 g/mol. The number of hydrogen-bond acceptors (Lipinski definition) is 3. The second-order valence-electron chi connectivity index (χ2n) is 3.21. The van der Waals surface area contributed by atoms with Crippen molar-refractivity contribution >= 4 is 10.9 Å². The largest absolute Gasteiger partial charge is 0.394 e. The maximum atomic E-state index is 9.00. The number of aliphatic hydroxyl groups is 1. The molecule has 0 aliphatic carbocycles. The molecule has 2 rings (SSSR count). The Morgan fingerprint density at radius 2 is 2.14 bits per heavy atom. The highest BCUT2D eigenvalue weighted by Gasteiger charge is 2.07. The average Bonchev–Trinajstić information content (AvgIpc) is 2.27. The molecule has 0 amide bonds. The van der Waals surface area contributed by atoms with Gasteiger partial charge in [0.15, 0.2) is 0 Å². The number of aliphatic hydroxyl groups excluding tert-OH is 1. The van der Waals surface area contributed by atoms with Crippen LogP contribution in [0, 0.1) is 0 Å². The minimum atomic E-state index is -0.331. The van der Waals surface area contributed by atoms with Crippen LogP contribution in [0.15, 0.2) is 36.5 Å². The fourth-order valence-corrected chi connectivity index (χ4v) is 1.55. The number of pyridine rings is 1. The van der Waals surface area contributed by atoms with E-state index in [4.69, 9.17) is 10.8 Å². The highest BCUT2D eigenvalue weighted by molar-refractivity contribution is 5.82. The molecule has 3 N–H and O–H groups in total. The second kappa shape index (κ2) is 3.74. The standard InChI is InChI=1S/C11H12N2O/c12-10(7-14)8-3-1-5-11-9(8)4-2-6-13-11/h1-6,10,14H,7,12H2/t10-/m0/s1. The molecule has 0 radical (unpaired) electrons. The Morgan fingerprint density at radius 1 is 1.29 bits per heavy atom. The summed E-state index contributed by atoms with van der Waals surface area (Å²) in [5, 5.41) is 10.0. The molecule has 3 nitrogen and oxygen atoms in total. The molecule has 14 heavy (non-hydrogen) atoms. The van der Waals surface area contributed by atoms with Crippen LogP contribution in [0.2, 0.25) is 0 Å². The van der Waals surface area contributed by atoms with E-state index in [1.165, 1.54) is 0 Å². The molecule has 0 fully saturated rings. The van der Waals surface area contributed by atoms with Crippen LogP contribution in [0.5, 0.6) is 0 Å². The van der Waals surface area contributed by atoms with Gasteiger partial charge in [0.05, 0.1) is 18.2 Å². The Bertz CT molecular complexity index is 437. The van der Waals surface area contributed by atoms with Crippen LogP contribution in [0.3, 0.4) is 0 Å². The summed E-state index contributed by atoms with van der Waals surface area (Å²) in [4.78, 5) is 4.22. The Kier molecular flexibility index (Phi) is 2.43. The van der Waals surface area contributed by atoms with Crippen LogP contribution in [0.25, 0.3) is 10.9 Å². The van der Waals surface area contributed by atoms with Gasteiger partial charge in [-0.05, 0) is 17.7 Å². The minimum absolute atomic E-state index is 0.0476. The Balaban J connectivity index is 2.65. The van der Waals surface area contributed by atoms with Crippen molar-refractivity contribution in [3.05, 3.63) is 42.1 Å². The van der Waals surface area contributed by atoms with Crippen LogP contribution >= 0.6 is 0 Å². The number of fused-ring (bicyclic) bond motifs is 1. The number of nitrogens with two attached hydrogens (primary N) is 1. The van der Waals surface area contributed by atoms with Gasteiger partial charge in [-0.2, -0.15) is 0 Å². The molecule has 0 unspecified atom stereocenters. The van der Waals surface area contributed by atoms with Crippen LogP contribution in [0.1, 0.15) is 11.6 Å². The zero-order chi connectivity index (χ0) is 9.97. The van der Waals surface area contributed by atoms with Crippen molar-refractivity contribution < 1.29 is 5.11 Å². The molecule has 0 spiro atoms. The molecule has 0 aliphatic rings. The van der Waals surface area contributed by atoms with E-state index in [2.05, 4.69) is 4.98 Å². The van der Waals surface area contributed by atoms with E-state index in [1.807, 2.05) is 30.3 Å². The number of benzene rings is 1. The van der Waals surface area contributed by atoms with Gasteiger partial charge in [0.1, 0.15) is 0 Å². The van der Waals surface area contributed by atoms with Crippen molar-refractivity contribution in [2.45, 2.75) is 6.04 Å². The van der Waals surface area contributed by atoms with E-state index in [-0.39, 0.29) is 12.6 Å². The molecule has 0 bridgehead atoms. The van der Waals surface area contributed by atoms with Crippen molar-refractivity contribution in [1.29, 1.82) is 0 Å². The van der Waals surface area contributed by atoms with Crippen molar-refractivity contribution in [3.8, 4) is 0 Å². The minimum Gasteiger partial charge on any atom is -0.394 e. The van der Waals surface area contributed by atoms with Gasteiger partial charge in [0.25, 0.3) is 0 Å². The molecule has 1 aromatic carbocycles. The quantitative estimate of drug-likeness (QED) is 0.745. The lowest BCUT2D eigenvalue weighted by Gasteiger charge is -2.10. The van der Waals surface area contributed by atoms with E-state index in [0.717, 1.165) is 16.5 Å². The molecule has 0 saturated heterocycles. The Morgan fingerprint density at radius 3 is 2.93 bits per heavy atom. The van der Waals surface area contributed by atoms with Gasteiger partial charge in [-0.15, -0.1) is 0 Å². The lowest BCUT2D eigenvalue weighted by atomic mass is 10.0. The first kappa shape index (κ1) is 9.12. The lowest BCUT2D eigenvalue weighted by molar-refractivity contribution is 0.268. The van der Waals surface area contributed by atoms with Gasteiger partial charge in [0.2, 0.25) is 0 Å². The van der Waals surface area contributed by atoms with E-state index in [9.17, 15) is 0 Å². The molecular weight excluding hydrogens is 176 g/mol. The zero-order valence-corrected chi connectivity index (χ0v) is 7.72. The predicted molar refractivity (Wildman–Crippen MR) is 55.8 cm³/mol. The number of hydrogen-bond donors (Lipinski definition) is 2. The molecular formula is C11H12N2O. The van der Waals surface area contributed by atoms with Crippen LogP contribution in [-0.4, -0.2) is 16.7 Å². The first-order chi connectivity index (χ1) is 6.83. The third kappa shape index (κ3) is 1.47. The summed E-state index contributed by atoms with van der Waals surface area (Å²) in [5.74, 6) is 0. The van der Waals surface area contributed by atoms with Crippen molar-refractivity contribution in [1.82, 2.24) is 4.98 Å². The summed E-state index contributed by atoms with van der Waals surface area (Å²) in [6.07, 6.45) is 1.75. The summed E-state index contributed by atoms with van der Waals surface area (Å²) < 4.78 is 0. The summed E-state index contributed by atoms with van der Waals surface area (Å²) in [7, 11) is 0. The van der Waals surface area contributed by atoms with Gasteiger partial charge >= 0.3 is 0 Å². The topological polar surface area (TPSA) is 59.1 Å². The molecule has 1 aromatic heterocycles. The van der Waals surface area contributed by atoms with E-state index < -0.39 is 0 Å².